The van der Waals surface area contributed by atoms with E-state index in [1.165, 1.54) is 22.3 Å². The minimum Gasteiger partial charge on any atom is -0.364 e. The van der Waals surface area contributed by atoms with Crippen LogP contribution >= 0.6 is 0 Å². The van der Waals surface area contributed by atoms with Crippen LogP contribution in [0.2, 0.25) is 0 Å². The quantitative estimate of drug-likeness (QED) is 0.629. The summed E-state index contributed by atoms with van der Waals surface area (Å²) in [4.78, 5) is 3.23. The third kappa shape index (κ3) is 3.05. The normalized spacial score (nSPS) is 11.7. The third-order valence-electron chi connectivity index (χ3n) is 3.21. The molecule has 0 aliphatic carbocycles. The fraction of sp³-hybridized carbons (Fsp3) is 0.312. The Kier molecular flexibility index (Phi) is 3.74. The van der Waals surface area contributed by atoms with Crippen molar-refractivity contribution in [3.05, 3.63) is 52.3 Å². The van der Waals surface area contributed by atoms with E-state index < -0.39 is 0 Å². The van der Waals surface area contributed by atoms with Gasteiger partial charge in [0.25, 0.3) is 0 Å². The fourth-order valence-electron chi connectivity index (χ4n) is 2.46. The number of benzene rings is 1. The summed E-state index contributed by atoms with van der Waals surface area (Å²) in [6.07, 6.45) is 2.01. The first kappa shape index (κ1) is 13.4. The lowest BCUT2D eigenvalue weighted by Crippen LogP contribution is -2.02. The van der Waals surface area contributed by atoms with E-state index >= 15 is 0 Å². The molecule has 2 N–H and O–H groups in total. The number of anilines is 1. The van der Waals surface area contributed by atoms with Crippen LogP contribution in [0.5, 0.6) is 0 Å². The van der Waals surface area contributed by atoms with E-state index in [1.807, 2.05) is 13.1 Å². The molecular weight excluding hydrogens is 234 g/mol. The van der Waals surface area contributed by atoms with Gasteiger partial charge in [0, 0.05) is 17.5 Å². The van der Waals surface area contributed by atoms with E-state index in [1.54, 1.807) is 0 Å². The average Bonchev–Trinajstić information content (AvgIpc) is 2.65. The lowest BCUT2D eigenvalue weighted by molar-refractivity contribution is 1.24. The maximum atomic E-state index is 4.49. The second kappa shape index (κ2) is 5.31. The molecule has 0 aliphatic rings. The van der Waals surface area contributed by atoms with Crippen LogP contribution in [0.25, 0.3) is 0 Å². The SMILES string of the molecule is C/C(=N\Nc1cc(C)cc(C)c1)c1c(C)c[nH]c1C. The highest BCUT2D eigenvalue weighted by Crippen LogP contribution is 2.16. The Labute approximate surface area is 114 Å². The third-order valence-corrected chi connectivity index (χ3v) is 3.21. The minimum absolute atomic E-state index is 0.996. The Balaban J connectivity index is 2.23. The highest BCUT2D eigenvalue weighted by molar-refractivity contribution is 6.01. The molecule has 0 saturated carbocycles. The molecule has 2 rings (SSSR count). The molecule has 1 aromatic heterocycles. The van der Waals surface area contributed by atoms with E-state index in [4.69, 9.17) is 0 Å². The van der Waals surface area contributed by atoms with Gasteiger partial charge in [0.1, 0.15) is 0 Å². The zero-order valence-corrected chi connectivity index (χ0v) is 12.3. The smallest absolute Gasteiger partial charge is 0.0669 e. The lowest BCUT2D eigenvalue weighted by atomic mass is 10.1. The predicted octanol–water partition coefficient (Wildman–Crippen LogP) is 4.08. The first-order valence-electron chi connectivity index (χ1n) is 6.51. The summed E-state index contributed by atoms with van der Waals surface area (Å²) in [5.41, 5.74) is 11.2. The van der Waals surface area contributed by atoms with Crippen LogP contribution in [0.4, 0.5) is 5.69 Å². The number of rotatable bonds is 3. The number of hydrogen-bond acceptors (Lipinski definition) is 2. The van der Waals surface area contributed by atoms with Gasteiger partial charge in [-0.25, -0.2) is 0 Å². The number of nitrogens with one attached hydrogen (secondary N) is 2. The first-order valence-corrected chi connectivity index (χ1v) is 6.51. The molecule has 2 aromatic rings. The maximum absolute atomic E-state index is 4.49. The van der Waals surface area contributed by atoms with Crippen molar-refractivity contribution in [3.63, 3.8) is 0 Å². The van der Waals surface area contributed by atoms with Crippen LogP contribution in [0.15, 0.2) is 29.5 Å². The summed E-state index contributed by atoms with van der Waals surface area (Å²) in [5, 5.41) is 4.49. The van der Waals surface area contributed by atoms with Gasteiger partial charge < -0.3 is 4.98 Å². The summed E-state index contributed by atoms with van der Waals surface area (Å²) in [6, 6.07) is 6.35. The van der Waals surface area contributed by atoms with Crippen molar-refractivity contribution >= 4 is 11.4 Å². The number of aromatic nitrogens is 1. The first-order chi connectivity index (χ1) is 8.97. The maximum Gasteiger partial charge on any atom is 0.0669 e. The van der Waals surface area contributed by atoms with Crippen LogP contribution in [0.3, 0.4) is 0 Å². The van der Waals surface area contributed by atoms with Crippen LogP contribution in [0.1, 0.15) is 34.9 Å². The van der Waals surface area contributed by atoms with Crippen LogP contribution in [-0.4, -0.2) is 10.7 Å². The second-order valence-electron chi connectivity index (χ2n) is 5.16. The highest BCUT2D eigenvalue weighted by atomic mass is 15.3. The molecule has 0 fully saturated rings. The van der Waals surface area contributed by atoms with Gasteiger partial charge in [0.15, 0.2) is 0 Å². The van der Waals surface area contributed by atoms with Crippen LogP contribution in [-0.2, 0) is 0 Å². The van der Waals surface area contributed by atoms with Crippen molar-refractivity contribution in [3.8, 4) is 0 Å². The molecule has 0 spiro atoms. The minimum atomic E-state index is 0.996. The molecule has 0 unspecified atom stereocenters. The van der Waals surface area contributed by atoms with E-state index in [-0.39, 0.29) is 0 Å². The summed E-state index contributed by atoms with van der Waals surface area (Å²) in [7, 11) is 0. The Bertz CT molecular complexity index is 581. The number of aryl methyl sites for hydroxylation is 4. The van der Waals surface area contributed by atoms with Crippen molar-refractivity contribution in [2.45, 2.75) is 34.6 Å². The molecule has 3 heteroatoms. The number of hydrazone groups is 1. The summed E-state index contributed by atoms with van der Waals surface area (Å²) < 4.78 is 0. The van der Waals surface area contributed by atoms with Crippen LogP contribution in [0, 0.1) is 27.7 Å². The highest BCUT2D eigenvalue weighted by Gasteiger charge is 2.07. The molecule has 100 valence electrons. The Morgan fingerprint density at radius 2 is 1.68 bits per heavy atom. The predicted molar refractivity (Wildman–Crippen MR) is 82.0 cm³/mol. The van der Waals surface area contributed by atoms with Crippen LogP contribution < -0.4 is 5.43 Å². The fourth-order valence-corrected chi connectivity index (χ4v) is 2.46. The van der Waals surface area contributed by atoms with Crippen molar-refractivity contribution in [2.75, 3.05) is 5.43 Å². The van der Waals surface area contributed by atoms with Crippen molar-refractivity contribution in [1.82, 2.24) is 4.98 Å². The van der Waals surface area contributed by atoms with E-state index in [0.29, 0.717) is 0 Å². The van der Waals surface area contributed by atoms with Gasteiger partial charge in [-0.2, -0.15) is 5.10 Å². The standard InChI is InChI=1S/C16H21N3/c1-10-6-11(2)8-15(7-10)19-18-14(5)16-12(3)9-17-13(16)4/h6-9,17,19H,1-5H3/b18-14+. The molecule has 1 aromatic carbocycles. The van der Waals surface area contributed by atoms with Gasteiger partial charge in [0.2, 0.25) is 0 Å². The van der Waals surface area contributed by atoms with Gasteiger partial charge in [0.05, 0.1) is 11.4 Å². The number of aromatic amines is 1. The van der Waals surface area contributed by atoms with Gasteiger partial charge in [-0.05, 0) is 63.4 Å². The Morgan fingerprint density at radius 3 is 2.21 bits per heavy atom. The molecule has 0 atom stereocenters. The monoisotopic (exact) mass is 255 g/mol. The zero-order chi connectivity index (χ0) is 14.0. The van der Waals surface area contributed by atoms with Gasteiger partial charge in [-0.1, -0.05) is 6.07 Å². The summed E-state index contributed by atoms with van der Waals surface area (Å²) >= 11 is 0. The van der Waals surface area contributed by atoms with E-state index in [2.05, 4.69) is 61.4 Å². The zero-order valence-electron chi connectivity index (χ0n) is 12.3. The van der Waals surface area contributed by atoms with E-state index in [0.717, 1.165) is 17.1 Å². The number of H-pyrrole nitrogens is 1. The summed E-state index contributed by atoms with van der Waals surface area (Å²) in [5.74, 6) is 0. The summed E-state index contributed by atoms with van der Waals surface area (Å²) in [6.45, 7) is 10.4. The molecule has 19 heavy (non-hydrogen) atoms. The van der Waals surface area contributed by atoms with Gasteiger partial charge in [-0.3, -0.25) is 5.43 Å². The molecule has 0 amide bonds. The average molecular weight is 255 g/mol. The van der Waals surface area contributed by atoms with Crippen molar-refractivity contribution in [2.24, 2.45) is 5.10 Å². The number of nitrogens with zero attached hydrogens (tertiary/aromatic N) is 1. The molecule has 0 radical (unpaired) electrons. The Morgan fingerprint density at radius 1 is 1.05 bits per heavy atom. The van der Waals surface area contributed by atoms with Gasteiger partial charge >= 0.3 is 0 Å². The molecule has 0 saturated heterocycles. The molecule has 1 heterocycles. The molecule has 3 nitrogen and oxygen atoms in total. The topological polar surface area (TPSA) is 40.2 Å². The molecule has 0 bridgehead atoms. The Hall–Kier alpha value is -2.03. The molecular formula is C16H21N3. The second-order valence-corrected chi connectivity index (χ2v) is 5.16. The number of hydrogen-bond donors (Lipinski definition) is 2. The lowest BCUT2D eigenvalue weighted by Gasteiger charge is -2.06. The van der Waals surface area contributed by atoms with E-state index in [9.17, 15) is 0 Å². The van der Waals surface area contributed by atoms with Gasteiger partial charge in [-0.15, -0.1) is 0 Å². The largest absolute Gasteiger partial charge is 0.364 e. The molecule has 0 aliphatic heterocycles. The van der Waals surface area contributed by atoms with Crippen molar-refractivity contribution in [1.29, 1.82) is 0 Å². The van der Waals surface area contributed by atoms with Crippen molar-refractivity contribution < 1.29 is 0 Å².